The first-order valence-electron chi connectivity index (χ1n) is 13.2. The Morgan fingerprint density at radius 3 is 1.95 bits per heavy atom. The molecule has 9 nitrogen and oxygen atoms in total. The summed E-state index contributed by atoms with van der Waals surface area (Å²) in [6.45, 7) is 7.05. The first-order valence-corrected chi connectivity index (χ1v) is 15.1. The molecule has 0 aliphatic rings. The zero-order valence-electron chi connectivity index (χ0n) is 23.5. The third-order valence-corrected chi connectivity index (χ3v) is 7.19. The number of alkyl carbamates (subject to hydrolysis) is 1. The van der Waals surface area contributed by atoms with Crippen LogP contribution in [-0.2, 0) is 31.9 Å². The second-order valence-corrected chi connectivity index (χ2v) is 12.2. The molecule has 2 aromatic carbocycles. The number of ether oxygens (including phenoxy) is 2. The van der Waals surface area contributed by atoms with E-state index in [4.69, 9.17) is 9.47 Å². The van der Waals surface area contributed by atoms with E-state index in [1.807, 2.05) is 48.5 Å². The summed E-state index contributed by atoms with van der Waals surface area (Å²) in [5.74, 6) is -0.137. The average Bonchev–Trinajstić information content (AvgIpc) is 2.89. The van der Waals surface area contributed by atoms with Crippen LogP contribution in [0.4, 0.5) is 4.79 Å². The van der Waals surface area contributed by atoms with Crippen LogP contribution in [0.3, 0.4) is 0 Å². The lowest BCUT2D eigenvalue weighted by Crippen LogP contribution is -2.54. The van der Waals surface area contributed by atoms with Crippen molar-refractivity contribution < 1.29 is 34.1 Å². The number of hydrogen-bond acceptors (Lipinski definition) is 9. The van der Waals surface area contributed by atoms with E-state index < -0.39 is 35.7 Å². The van der Waals surface area contributed by atoms with Crippen LogP contribution < -0.4 is 10.6 Å². The number of carbonyl (C=O) groups is 3. The Balaban J connectivity index is 2.36. The second-order valence-electron chi connectivity index (χ2n) is 9.86. The summed E-state index contributed by atoms with van der Waals surface area (Å²) in [6, 6.07) is 13.0. The van der Waals surface area contributed by atoms with Crippen molar-refractivity contribution in [3.8, 4) is 0 Å². The molecule has 2 rings (SSSR count). The van der Waals surface area contributed by atoms with Gasteiger partial charge in [-0.25, -0.2) is 9.59 Å². The number of thioether (sulfide) groups is 2. The molecular weight excluding hydrogens is 552 g/mol. The minimum Gasteiger partial charge on any atom is -0.464 e. The molecule has 0 aliphatic carbocycles. The molecule has 0 aromatic heterocycles. The maximum absolute atomic E-state index is 13.6. The van der Waals surface area contributed by atoms with Crippen molar-refractivity contribution in [3.05, 3.63) is 59.7 Å². The molecule has 0 saturated heterocycles. The largest absolute Gasteiger partial charge is 0.464 e. The predicted molar refractivity (Wildman–Crippen MR) is 158 cm³/mol. The van der Waals surface area contributed by atoms with Crippen LogP contribution in [0.2, 0.25) is 0 Å². The van der Waals surface area contributed by atoms with E-state index in [1.54, 1.807) is 27.7 Å². The summed E-state index contributed by atoms with van der Waals surface area (Å²) in [6.07, 6.45) is -0.421. The molecule has 0 unspecified atom stereocenters. The molecular formula is C29H40N2O7S2. The molecule has 2 amide bonds. The first-order chi connectivity index (χ1) is 19.0. The molecule has 0 fully saturated rings. The second kappa shape index (κ2) is 17.2. The minimum atomic E-state index is -1.06. The number of esters is 1. The molecule has 0 radical (unpaired) electrons. The Morgan fingerprint density at radius 2 is 1.43 bits per heavy atom. The van der Waals surface area contributed by atoms with Crippen LogP contribution in [0.5, 0.6) is 0 Å². The number of benzene rings is 2. The molecule has 2 atom stereocenters. The third-order valence-electron chi connectivity index (χ3n) is 5.28. The highest BCUT2D eigenvalue weighted by Gasteiger charge is 2.29. The van der Waals surface area contributed by atoms with Gasteiger partial charge in [-0.2, -0.15) is 0 Å². The molecule has 0 spiro atoms. The van der Waals surface area contributed by atoms with E-state index in [9.17, 15) is 24.6 Å². The molecule has 0 heterocycles. The van der Waals surface area contributed by atoms with Crippen LogP contribution in [0, 0.1) is 0 Å². The van der Waals surface area contributed by atoms with Gasteiger partial charge < -0.3 is 30.3 Å². The van der Waals surface area contributed by atoms with Gasteiger partial charge in [-0.15, -0.1) is 23.5 Å². The van der Waals surface area contributed by atoms with E-state index >= 15 is 0 Å². The average molecular weight is 593 g/mol. The Hall–Kier alpha value is -2.73. The van der Waals surface area contributed by atoms with Gasteiger partial charge in [0.2, 0.25) is 5.91 Å². The van der Waals surface area contributed by atoms with Crippen molar-refractivity contribution in [2.24, 2.45) is 0 Å². The highest BCUT2D eigenvalue weighted by molar-refractivity contribution is 8.00. The first kappa shape index (κ1) is 33.5. The predicted octanol–water partition coefficient (Wildman–Crippen LogP) is 3.58. The fourth-order valence-electron chi connectivity index (χ4n) is 3.70. The fourth-order valence-corrected chi connectivity index (χ4v) is 5.31. The molecule has 0 saturated carbocycles. The molecule has 220 valence electrons. The van der Waals surface area contributed by atoms with Crippen LogP contribution in [0.1, 0.15) is 38.8 Å². The smallest absolute Gasteiger partial charge is 0.408 e. The van der Waals surface area contributed by atoms with Gasteiger partial charge in [0.1, 0.15) is 17.7 Å². The number of amides is 2. The van der Waals surface area contributed by atoms with Gasteiger partial charge in [0.05, 0.1) is 19.8 Å². The number of aliphatic hydroxyl groups is 2. The standard InChI is InChI=1S/C29H40N2O7S2/c1-5-37-27(35)25(17-20-9-7-6-8-10-20)30-26(34)24(31-28(36)38-29(2,3)4)18-21-15-22(39-13-11-32)19-23(16-21)40-14-12-33/h6-10,15-16,19,24-25,32-33H,5,11-14,17-18H2,1-4H3,(H,30,34)(H,31,36)/t24-,25-/m0/s1. The summed E-state index contributed by atoms with van der Waals surface area (Å²) in [7, 11) is 0. The maximum Gasteiger partial charge on any atom is 0.408 e. The van der Waals surface area contributed by atoms with E-state index in [0.717, 1.165) is 20.9 Å². The quantitative estimate of drug-likeness (QED) is 0.181. The van der Waals surface area contributed by atoms with Crippen LogP contribution in [0.15, 0.2) is 58.3 Å². The Labute approximate surface area is 244 Å². The van der Waals surface area contributed by atoms with E-state index in [0.29, 0.717) is 11.5 Å². The molecule has 2 aromatic rings. The van der Waals surface area contributed by atoms with Gasteiger partial charge in [0.15, 0.2) is 0 Å². The van der Waals surface area contributed by atoms with Gasteiger partial charge in [-0.1, -0.05) is 30.3 Å². The molecule has 0 bridgehead atoms. The lowest BCUT2D eigenvalue weighted by molar-refractivity contribution is -0.147. The summed E-state index contributed by atoms with van der Waals surface area (Å²) in [5.41, 5.74) is 0.827. The van der Waals surface area contributed by atoms with Crippen molar-refractivity contribution >= 4 is 41.5 Å². The summed E-state index contributed by atoms with van der Waals surface area (Å²) in [5, 5.41) is 24.0. The van der Waals surface area contributed by atoms with Gasteiger partial charge in [0, 0.05) is 34.1 Å². The summed E-state index contributed by atoms with van der Waals surface area (Å²) < 4.78 is 10.6. The van der Waals surface area contributed by atoms with Gasteiger partial charge in [0.25, 0.3) is 0 Å². The summed E-state index contributed by atoms with van der Waals surface area (Å²) >= 11 is 2.92. The van der Waals surface area contributed by atoms with E-state index in [1.165, 1.54) is 23.5 Å². The third kappa shape index (κ3) is 12.6. The van der Waals surface area contributed by atoms with Crippen molar-refractivity contribution in [1.82, 2.24) is 10.6 Å². The minimum absolute atomic E-state index is 0.00982. The zero-order chi connectivity index (χ0) is 29.5. The van der Waals surface area contributed by atoms with Gasteiger partial charge in [-0.3, -0.25) is 4.79 Å². The highest BCUT2D eigenvalue weighted by atomic mass is 32.2. The fraction of sp³-hybridized carbons (Fsp3) is 0.483. The molecule has 40 heavy (non-hydrogen) atoms. The number of nitrogens with one attached hydrogen (secondary N) is 2. The number of carbonyl (C=O) groups excluding carboxylic acids is 3. The number of hydrogen-bond donors (Lipinski definition) is 4. The van der Waals surface area contributed by atoms with Crippen molar-refractivity contribution in [2.75, 3.05) is 31.3 Å². The van der Waals surface area contributed by atoms with Crippen molar-refractivity contribution in [3.63, 3.8) is 0 Å². The lowest BCUT2D eigenvalue weighted by Gasteiger charge is -2.25. The Bertz CT molecular complexity index is 1070. The zero-order valence-corrected chi connectivity index (χ0v) is 25.1. The summed E-state index contributed by atoms with van der Waals surface area (Å²) in [4.78, 5) is 40.9. The lowest BCUT2D eigenvalue weighted by atomic mass is 10.0. The molecule has 0 aliphatic heterocycles. The van der Waals surface area contributed by atoms with Crippen LogP contribution >= 0.6 is 23.5 Å². The van der Waals surface area contributed by atoms with Gasteiger partial charge >= 0.3 is 12.1 Å². The van der Waals surface area contributed by atoms with E-state index in [2.05, 4.69) is 10.6 Å². The SMILES string of the molecule is CCOC(=O)[C@H](Cc1ccccc1)NC(=O)[C@H](Cc1cc(SCCO)cc(SCCO)c1)NC(=O)OC(C)(C)C. The highest BCUT2D eigenvalue weighted by Crippen LogP contribution is 2.28. The Morgan fingerprint density at radius 1 is 0.850 bits per heavy atom. The topological polar surface area (TPSA) is 134 Å². The monoisotopic (exact) mass is 592 g/mol. The molecule has 4 N–H and O–H groups in total. The number of rotatable bonds is 15. The maximum atomic E-state index is 13.6. The van der Waals surface area contributed by atoms with Crippen LogP contribution in [-0.4, -0.2) is 77.2 Å². The van der Waals surface area contributed by atoms with Crippen molar-refractivity contribution in [2.45, 2.75) is 68.0 Å². The Kier molecular flexibility index (Phi) is 14.4. The number of aliphatic hydroxyl groups excluding tert-OH is 2. The van der Waals surface area contributed by atoms with Crippen LogP contribution in [0.25, 0.3) is 0 Å². The molecule has 11 heteroatoms. The van der Waals surface area contributed by atoms with Gasteiger partial charge in [-0.05, 0) is 57.0 Å². The van der Waals surface area contributed by atoms with E-state index in [-0.39, 0.29) is 32.7 Å². The normalized spacial score (nSPS) is 12.8. The van der Waals surface area contributed by atoms with Crippen molar-refractivity contribution in [1.29, 1.82) is 0 Å².